The first-order valence-electron chi connectivity index (χ1n) is 11.2. The Kier molecular flexibility index (Phi) is 4.77. The number of imidazole rings is 1. The first-order valence-corrected chi connectivity index (χ1v) is 11.9. The van der Waals surface area contributed by atoms with Gasteiger partial charge in [0.1, 0.15) is 0 Å². The predicted molar refractivity (Wildman–Crippen MR) is 129 cm³/mol. The van der Waals surface area contributed by atoms with Gasteiger partial charge >= 0.3 is 5.69 Å². The van der Waals surface area contributed by atoms with Crippen LogP contribution >= 0.6 is 11.9 Å². The van der Waals surface area contributed by atoms with E-state index in [1.807, 2.05) is 40.8 Å². The minimum absolute atomic E-state index is 0.0273. The highest BCUT2D eigenvalue weighted by Gasteiger charge is 2.25. The molecule has 0 unspecified atom stereocenters. The number of H-pyrrole nitrogens is 1. The fourth-order valence-corrected chi connectivity index (χ4v) is 6.34. The molecule has 1 fully saturated rings. The predicted octanol–water partition coefficient (Wildman–Crippen LogP) is 5.04. The van der Waals surface area contributed by atoms with E-state index in [0.29, 0.717) is 6.04 Å². The van der Waals surface area contributed by atoms with Gasteiger partial charge in [0.15, 0.2) is 0 Å². The smallest absolute Gasteiger partial charge is 0.311 e. The summed E-state index contributed by atoms with van der Waals surface area (Å²) in [4.78, 5) is 19.4. The number of para-hydroxylation sites is 2. The summed E-state index contributed by atoms with van der Waals surface area (Å²) in [5, 5.41) is 2.74. The van der Waals surface area contributed by atoms with E-state index in [-0.39, 0.29) is 5.69 Å². The van der Waals surface area contributed by atoms with E-state index in [0.717, 1.165) is 56.5 Å². The Labute approximate surface area is 185 Å². The second kappa shape index (κ2) is 7.77. The van der Waals surface area contributed by atoms with E-state index < -0.39 is 0 Å². The van der Waals surface area contributed by atoms with Crippen LogP contribution in [0.3, 0.4) is 0 Å². The molecule has 2 aliphatic heterocycles. The van der Waals surface area contributed by atoms with Crippen LogP contribution in [0.15, 0.2) is 70.4 Å². The van der Waals surface area contributed by atoms with Crippen LogP contribution in [0, 0.1) is 0 Å². The lowest BCUT2D eigenvalue weighted by Gasteiger charge is -2.33. The van der Waals surface area contributed by atoms with Gasteiger partial charge in [-0.15, -0.1) is 0 Å². The lowest BCUT2D eigenvalue weighted by Crippen LogP contribution is -2.38. The van der Waals surface area contributed by atoms with Gasteiger partial charge in [-0.3, -0.25) is 4.57 Å². The van der Waals surface area contributed by atoms with Gasteiger partial charge in [0.2, 0.25) is 0 Å². The number of nitrogens with zero attached hydrogens (tertiary/aromatic N) is 3. The number of likely N-dealkylation sites (tertiary alicyclic amines) is 1. The quantitative estimate of drug-likeness (QED) is 0.451. The number of aromatic amines is 1. The molecule has 0 radical (unpaired) electrons. The summed E-state index contributed by atoms with van der Waals surface area (Å²) in [5.41, 5.74) is 3.36. The molecule has 4 aromatic rings. The molecule has 1 N–H and O–H groups in total. The Morgan fingerprint density at radius 3 is 2.61 bits per heavy atom. The first-order chi connectivity index (χ1) is 15.3. The average molecular weight is 431 g/mol. The Morgan fingerprint density at radius 1 is 0.935 bits per heavy atom. The van der Waals surface area contributed by atoms with Gasteiger partial charge in [-0.2, -0.15) is 0 Å². The van der Waals surface area contributed by atoms with E-state index in [4.69, 9.17) is 0 Å². The van der Waals surface area contributed by atoms with Crippen molar-refractivity contribution >= 4 is 39.4 Å². The van der Waals surface area contributed by atoms with Gasteiger partial charge in [-0.1, -0.05) is 36.4 Å². The van der Waals surface area contributed by atoms with Crippen molar-refractivity contribution in [2.45, 2.75) is 30.2 Å². The van der Waals surface area contributed by atoms with E-state index in [1.165, 1.54) is 21.4 Å². The first kappa shape index (κ1) is 19.0. The molecule has 0 spiro atoms. The molecule has 0 aliphatic carbocycles. The summed E-state index contributed by atoms with van der Waals surface area (Å²) in [6, 6.07) is 21.5. The fraction of sp³-hybridized carbons (Fsp3) is 0.320. The van der Waals surface area contributed by atoms with Gasteiger partial charge in [0, 0.05) is 36.0 Å². The number of benzene rings is 3. The van der Waals surface area contributed by atoms with Crippen LogP contribution in [0.4, 0.5) is 5.69 Å². The number of anilines is 1. The highest BCUT2D eigenvalue weighted by atomic mass is 32.2. The molecule has 6 heteroatoms. The molecule has 3 heterocycles. The number of hydrogen-bond acceptors (Lipinski definition) is 4. The summed E-state index contributed by atoms with van der Waals surface area (Å²) in [6.45, 7) is 4.28. The van der Waals surface area contributed by atoms with Crippen molar-refractivity contribution in [3.05, 3.63) is 71.1 Å². The van der Waals surface area contributed by atoms with E-state index >= 15 is 0 Å². The fourth-order valence-electron chi connectivity index (χ4n) is 5.18. The lowest BCUT2D eigenvalue weighted by molar-refractivity contribution is 0.186. The van der Waals surface area contributed by atoms with E-state index in [2.05, 4.69) is 50.6 Å². The lowest BCUT2D eigenvalue weighted by atomic mass is 10.0. The zero-order valence-electron chi connectivity index (χ0n) is 17.5. The number of nitrogens with one attached hydrogen (secondary N) is 1. The highest BCUT2D eigenvalue weighted by molar-refractivity contribution is 8.01. The minimum atomic E-state index is 0.0273. The molecule has 2 aliphatic rings. The molecule has 31 heavy (non-hydrogen) atoms. The summed E-state index contributed by atoms with van der Waals surface area (Å²) in [7, 11) is 0. The molecule has 0 amide bonds. The Hall–Kier alpha value is -2.70. The SMILES string of the molecule is O=c1[nH]c2ccccc2n1C1CCN(CCCN2Sc3cccc4cccc2c34)CC1. The van der Waals surface area contributed by atoms with Crippen molar-refractivity contribution in [1.29, 1.82) is 0 Å². The minimum Gasteiger partial charge on any atom is -0.311 e. The summed E-state index contributed by atoms with van der Waals surface area (Å²) < 4.78 is 4.43. The van der Waals surface area contributed by atoms with Crippen LogP contribution < -0.4 is 9.99 Å². The number of hydrogen-bond donors (Lipinski definition) is 1. The molecule has 3 aromatic carbocycles. The maximum absolute atomic E-state index is 12.5. The van der Waals surface area contributed by atoms with Crippen LogP contribution in [0.25, 0.3) is 21.8 Å². The Morgan fingerprint density at radius 2 is 1.74 bits per heavy atom. The third kappa shape index (κ3) is 3.34. The van der Waals surface area contributed by atoms with Crippen LogP contribution in [-0.2, 0) is 0 Å². The third-order valence-corrected chi connectivity index (χ3v) is 7.84. The van der Waals surface area contributed by atoms with Crippen molar-refractivity contribution in [3.63, 3.8) is 0 Å². The number of fused-ring (bicyclic) bond motifs is 1. The molecule has 1 aromatic heterocycles. The van der Waals surface area contributed by atoms with Crippen molar-refractivity contribution in [2.24, 2.45) is 0 Å². The molecule has 5 nitrogen and oxygen atoms in total. The molecule has 0 bridgehead atoms. The normalized spacial score (nSPS) is 17.2. The number of piperidine rings is 1. The molecule has 0 saturated carbocycles. The van der Waals surface area contributed by atoms with E-state index in [9.17, 15) is 4.79 Å². The molecule has 0 atom stereocenters. The van der Waals surface area contributed by atoms with Crippen LogP contribution in [0.5, 0.6) is 0 Å². The van der Waals surface area contributed by atoms with Crippen LogP contribution in [0.1, 0.15) is 25.3 Å². The number of rotatable bonds is 5. The van der Waals surface area contributed by atoms with Crippen molar-refractivity contribution in [3.8, 4) is 0 Å². The van der Waals surface area contributed by atoms with Gasteiger partial charge in [0.05, 0.1) is 16.7 Å². The van der Waals surface area contributed by atoms with Gasteiger partial charge < -0.3 is 14.2 Å². The summed E-state index contributed by atoms with van der Waals surface area (Å²) in [5.74, 6) is 0. The second-order valence-electron chi connectivity index (χ2n) is 8.57. The third-order valence-electron chi connectivity index (χ3n) is 6.70. The molecular weight excluding hydrogens is 404 g/mol. The van der Waals surface area contributed by atoms with Gasteiger partial charge in [-0.05, 0) is 67.4 Å². The monoisotopic (exact) mass is 430 g/mol. The summed E-state index contributed by atoms with van der Waals surface area (Å²) >= 11 is 1.88. The van der Waals surface area contributed by atoms with Crippen molar-refractivity contribution in [2.75, 3.05) is 30.5 Å². The molecule has 1 saturated heterocycles. The zero-order valence-corrected chi connectivity index (χ0v) is 18.3. The van der Waals surface area contributed by atoms with Crippen LogP contribution in [0.2, 0.25) is 0 Å². The molecule has 158 valence electrons. The maximum Gasteiger partial charge on any atom is 0.326 e. The summed E-state index contributed by atoms with van der Waals surface area (Å²) in [6.07, 6.45) is 3.21. The Balaban J connectivity index is 1.06. The number of aromatic nitrogens is 2. The maximum atomic E-state index is 12.5. The molecule has 6 rings (SSSR count). The van der Waals surface area contributed by atoms with Gasteiger partial charge in [-0.25, -0.2) is 4.79 Å². The van der Waals surface area contributed by atoms with Crippen LogP contribution in [-0.4, -0.2) is 40.6 Å². The standard InChI is InChI=1S/C25H26N4OS/c30-25-26-20-8-1-2-9-21(20)29(25)19-12-16-27(17-13-19)14-5-15-28-22-10-3-6-18-7-4-11-23(31-28)24(18)22/h1-4,6-11,19H,5,12-17H2,(H,26,30). The van der Waals surface area contributed by atoms with Crippen molar-refractivity contribution in [1.82, 2.24) is 14.5 Å². The second-order valence-corrected chi connectivity index (χ2v) is 9.63. The average Bonchev–Trinajstić information content (AvgIpc) is 3.33. The van der Waals surface area contributed by atoms with Crippen molar-refractivity contribution < 1.29 is 0 Å². The Bertz CT molecular complexity index is 1300. The zero-order chi connectivity index (χ0) is 20.8. The van der Waals surface area contributed by atoms with E-state index in [1.54, 1.807) is 0 Å². The largest absolute Gasteiger partial charge is 0.326 e. The molecular formula is C25H26N4OS. The topological polar surface area (TPSA) is 44.3 Å². The highest BCUT2D eigenvalue weighted by Crippen LogP contribution is 2.45. The van der Waals surface area contributed by atoms with Gasteiger partial charge in [0.25, 0.3) is 0 Å².